The Labute approximate surface area is 152 Å². The minimum Gasteiger partial charge on any atom is -0.493 e. The molecule has 6 nitrogen and oxygen atoms in total. The Hall–Kier alpha value is -3.02. The Morgan fingerprint density at radius 2 is 1.88 bits per heavy atom. The first-order chi connectivity index (χ1) is 12.7. The van der Waals surface area contributed by atoms with Gasteiger partial charge in [0.2, 0.25) is 5.95 Å². The largest absolute Gasteiger partial charge is 0.493 e. The summed E-state index contributed by atoms with van der Waals surface area (Å²) < 4.78 is 13.1. The summed E-state index contributed by atoms with van der Waals surface area (Å²) in [5.41, 5.74) is 3.52. The predicted molar refractivity (Wildman–Crippen MR) is 99.9 cm³/mol. The van der Waals surface area contributed by atoms with Crippen LogP contribution in [0.25, 0.3) is 0 Å². The molecule has 26 heavy (non-hydrogen) atoms. The zero-order valence-corrected chi connectivity index (χ0v) is 15.1. The maximum Gasteiger partial charge on any atom is 0.222 e. The number of nitrogens with one attached hydrogen (secondary N) is 1. The van der Waals surface area contributed by atoms with Crippen molar-refractivity contribution in [3.05, 3.63) is 65.5 Å². The van der Waals surface area contributed by atoms with Crippen LogP contribution >= 0.6 is 0 Å². The van der Waals surface area contributed by atoms with Crippen molar-refractivity contribution >= 4 is 5.95 Å². The van der Waals surface area contributed by atoms with Crippen LogP contribution in [0, 0.1) is 6.92 Å². The number of nitrogens with zero attached hydrogens (tertiary/aromatic N) is 3. The number of methoxy groups -OCH3 is 2. The highest BCUT2D eigenvalue weighted by atomic mass is 16.5. The minimum absolute atomic E-state index is 0.00473. The third-order valence-electron chi connectivity index (χ3n) is 4.90. The van der Waals surface area contributed by atoms with Crippen molar-refractivity contribution in [3.63, 3.8) is 0 Å². The highest BCUT2D eigenvalue weighted by Gasteiger charge is 2.32. The van der Waals surface area contributed by atoms with E-state index in [9.17, 15) is 0 Å². The predicted octanol–water partition coefficient (Wildman–Crippen LogP) is 3.75. The van der Waals surface area contributed by atoms with Crippen molar-refractivity contribution in [3.8, 4) is 11.5 Å². The molecule has 0 spiro atoms. The summed E-state index contributed by atoms with van der Waals surface area (Å²) in [5.74, 6) is 2.22. The highest BCUT2D eigenvalue weighted by molar-refractivity contribution is 5.50. The zero-order chi connectivity index (χ0) is 18.1. The minimum atomic E-state index is 0.00473. The van der Waals surface area contributed by atoms with Gasteiger partial charge in [0.25, 0.3) is 0 Å². The molecule has 1 aliphatic rings. The summed E-state index contributed by atoms with van der Waals surface area (Å²) in [5, 5.41) is 7.93. The van der Waals surface area contributed by atoms with Crippen molar-refractivity contribution < 1.29 is 9.47 Å². The summed E-state index contributed by atoms with van der Waals surface area (Å²) in [6, 6.07) is 14.7. The van der Waals surface area contributed by atoms with Crippen LogP contribution in [-0.2, 0) is 0 Å². The number of benzene rings is 2. The highest BCUT2D eigenvalue weighted by Crippen LogP contribution is 2.43. The van der Waals surface area contributed by atoms with Crippen LogP contribution < -0.4 is 14.8 Å². The molecular formula is C20H22N4O2. The van der Waals surface area contributed by atoms with E-state index in [-0.39, 0.29) is 12.1 Å². The Morgan fingerprint density at radius 3 is 2.62 bits per heavy atom. The van der Waals surface area contributed by atoms with Gasteiger partial charge in [0, 0.05) is 5.56 Å². The molecule has 4 rings (SSSR count). The van der Waals surface area contributed by atoms with E-state index in [0.29, 0.717) is 0 Å². The second kappa shape index (κ2) is 6.71. The van der Waals surface area contributed by atoms with Crippen molar-refractivity contribution in [2.24, 2.45) is 0 Å². The number of anilines is 1. The molecule has 0 fully saturated rings. The van der Waals surface area contributed by atoms with Crippen LogP contribution in [0.15, 0.2) is 48.8 Å². The van der Waals surface area contributed by atoms with E-state index in [1.807, 2.05) is 16.8 Å². The Kier molecular flexibility index (Phi) is 4.24. The Morgan fingerprint density at radius 1 is 1.08 bits per heavy atom. The normalized spacial score (nSPS) is 18.7. The fourth-order valence-corrected chi connectivity index (χ4v) is 3.57. The summed E-state index contributed by atoms with van der Waals surface area (Å²) in [6.07, 6.45) is 2.42. The second-order valence-electron chi connectivity index (χ2n) is 6.47. The third kappa shape index (κ3) is 2.77. The molecule has 0 amide bonds. The molecule has 0 bridgehead atoms. The average Bonchev–Trinajstić information content (AvgIpc) is 3.15. The second-order valence-corrected chi connectivity index (χ2v) is 6.47. The van der Waals surface area contributed by atoms with E-state index in [1.54, 1.807) is 20.5 Å². The molecule has 2 heterocycles. The van der Waals surface area contributed by atoms with Gasteiger partial charge in [-0.15, -0.1) is 0 Å². The van der Waals surface area contributed by atoms with Crippen LogP contribution in [0.4, 0.5) is 5.95 Å². The van der Waals surface area contributed by atoms with Gasteiger partial charge in [0.05, 0.1) is 26.3 Å². The van der Waals surface area contributed by atoms with Gasteiger partial charge in [-0.25, -0.2) is 4.68 Å². The van der Waals surface area contributed by atoms with Crippen LogP contribution in [0.1, 0.15) is 35.2 Å². The van der Waals surface area contributed by atoms with Crippen molar-refractivity contribution in [1.82, 2.24) is 14.8 Å². The molecule has 0 aliphatic carbocycles. The molecule has 0 radical (unpaired) electrons. The van der Waals surface area contributed by atoms with Gasteiger partial charge in [0.1, 0.15) is 6.33 Å². The lowest BCUT2D eigenvalue weighted by molar-refractivity contribution is 0.340. The lowest BCUT2D eigenvalue weighted by Gasteiger charge is -2.32. The molecule has 2 aromatic carbocycles. The summed E-state index contributed by atoms with van der Waals surface area (Å²) >= 11 is 0. The summed E-state index contributed by atoms with van der Waals surface area (Å²) in [6.45, 7) is 2.10. The topological polar surface area (TPSA) is 61.2 Å². The molecule has 1 N–H and O–H groups in total. The number of aromatic nitrogens is 3. The third-order valence-corrected chi connectivity index (χ3v) is 4.90. The summed E-state index contributed by atoms with van der Waals surface area (Å²) in [7, 11) is 3.32. The molecule has 0 saturated heterocycles. The van der Waals surface area contributed by atoms with E-state index >= 15 is 0 Å². The lowest BCUT2D eigenvalue weighted by atomic mass is 9.92. The molecule has 1 aliphatic heterocycles. The fourth-order valence-electron chi connectivity index (χ4n) is 3.57. The first-order valence-electron chi connectivity index (χ1n) is 8.64. The number of para-hydroxylation sites is 1. The van der Waals surface area contributed by atoms with Gasteiger partial charge in [0.15, 0.2) is 11.5 Å². The van der Waals surface area contributed by atoms with Gasteiger partial charge in [-0.05, 0) is 25.0 Å². The number of fused-ring (bicyclic) bond motifs is 1. The van der Waals surface area contributed by atoms with E-state index in [0.717, 1.165) is 29.4 Å². The molecule has 6 heteroatoms. The van der Waals surface area contributed by atoms with E-state index in [2.05, 4.69) is 52.7 Å². The quantitative estimate of drug-likeness (QED) is 0.776. The average molecular weight is 350 g/mol. The van der Waals surface area contributed by atoms with E-state index < -0.39 is 0 Å². The van der Waals surface area contributed by atoms with Crippen molar-refractivity contribution in [2.75, 3.05) is 19.5 Å². The van der Waals surface area contributed by atoms with Crippen molar-refractivity contribution in [2.45, 2.75) is 25.4 Å². The van der Waals surface area contributed by atoms with Crippen LogP contribution in [0.2, 0.25) is 0 Å². The molecule has 0 unspecified atom stereocenters. The maximum atomic E-state index is 5.66. The maximum absolute atomic E-state index is 5.66. The van der Waals surface area contributed by atoms with Gasteiger partial charge >= 0.3 is 0 Å². The van der Waals surface area contributed by atoms with Gasteiger partial charge in [-0.2, -0.15) is 10.1 Å². The first kappa shape index (κ1) is 16.4. The SMILES string of the molecule is COc1cccc([C@@H]2C[C@H](c3ccc(C)cc3)Nc3ncnn32)c1OC. The van der Waals surface area contributed by atoms with E-state index in [1.165, 1.54) is 11.1 Å². The first-order valence-corrected chi connectivity index (χ1v) is 8.64. The smallest absolute Gasteiger partial charge is 0.222 e. The van der Waals surface area contributed by atoms with Gasteiger partial charge in [-0.1, -0.05) is 42.0 Å². The Bertz CT molecular complexity index is 904. The van der Waals surface area contributed by atoms with Gasteiger partial charge < -0.3 is 14.8 Å². The standard InChI is InChI=1S/C20H22N4O2/c1-13-7-9-14(10-8-13)16-11-17(24-20(23-16)21-12-22-24)15-5-4-6-18(25-2)19(15)26-3/h4-10,12,16-17H,11H2,1-3H3,(H,21,22,23)/t16-,17+/m1/s1. The van der Waals surface area contributed by atoms with Crippen LogP contribution in [-0.4, -0.2) is 29.0 Å². The van der Waals surface area contributed by atoms with E-state index in [4.69, 9.17) is 9.47 Å². The molecule has 134 valence electrons. The van der Waals surface area contributed by atoms with Crippen LogP contribution in [0.3, 0.4) is 0 Å². The Balaban J connectivity index is 1.78. The number of ether oxygens (including phenoxy) is 2. The number of hydrogen-bond acceptors (Lipinski definition) is 5. The number of hydrogen-bond donors (Lipinski definition) is 1. The summed E-state index contributed by atoms with van der Waals surface area (Å²) in [4.78, 5) is 4.39. The number of rotatable bonds is 4. The molecule has 2 atom stereocenters. The lowest BCUT2D eigenvalue weighted by Crippen LogP contribution is -2.28. The monoisotopic (exact) mass is 350 g/mol. The number of aryl methyl sites for hydroxylation is 1. The van der Waals surface area contributed by atoms with Crippen molar-refractivity contribution in [1.29, 1.82) is 0 Å². The van der Waals surface area contributed by atoms with Crippen LogP contribution in [0.5, 0.6) is 11.5 Å². The molecule has 3 aromatic rings. The zero-order valence-electron chi connectivity index (χ0n) is 15.1. The fraction of sp³-hybridized carbons (Fsp3) is 0.300. The molecular weight excluding hydrogens is 328 g/mol. The molecule has 0 saturated carbocycles. The molecule has 1 aromatic heterocycles. The van der Waals surface area contributed by atoms with Gasteiger partial charge in [-0.3, -0.25) is 0 Å².